The molecule has 1 aromatic carbocycles. The fourth-order valence-corrected chi connectivity index (χ4v) is 2.80. The third kappa shape index (κ3) is 3.49. The van der Waals surface area contributed by atoms with E-state index in [1.165, 1.54) is 6.08 Å². The van der Waals surface area contributed by atoms with Gasteiger partial charge in [-0.15, -0.1) is 11.8 Å². The Bertz CT molecular complexity index is 813. The maximum absolute atomic E-state index is 12.3. The summed E-state index contributed by atoms with van der Waals surface area (Å²) in [5, 5.41) is 9.04. The van der Waals surface area contributed by atoms with Crippen molar-refractivity contribution < 1.29 is 9.53 Å². The summed E-state index contributed by atoms with van der Waals surface area (Å²) < 4.78 is 7.11. The fraction of sp³-hybridized carbons (Fsp3) is 0.222. The molecule has 1 heterocycles. The number of rotatable bonds is 5. The Kier molecular flexibility index (Phi) is 5.30. The highest BCUT2D eigenvalue weighted by molar-refractivity contribution is 7.98. The molecule has 0 aliphatic heterocycles. The van der Waals surface area contributed by atoms with E-state index in [2.05, 4.69) is 6.07 Å². The van der Waals surface area contributed by atoms with Crippen LogP contribution in [0.4, 0.5) is 0 Å². The molecule has 0 atom stereocenters. The summed E-state index contributed by atoms with van der Waals surface area (Å²) in [7, 11) is 3.43. The molecule has 0 saturated carbocycles. The van der Waals surface area contributed by atoms with Crippen LogP contribution in [0.25, 0.3) is 6.08 Å². The highest BCUT2D eigenvalue weighted by Crippen LogP contribution is 2.28. The molecule has 0 aliphatic carbocycles. The van der Waals surface area contributed by atoms with Gasteiger partial charge in [0.05, 0.1) is 7.11 Å². The van der Waals surface area contributed by atoms with Gasteiger partial charge in [-0.25, -0.2) is 0 Å². The summed E-state index contributed by atoms with van der Waals surface area (Å²) in [6.45, 7) is 1.92. The molecule has 1 aromatic heterocycles. The first-order valence-corrected chi connectivity index (χ1v) is 8.25. The van der Waals surface area contributed by atoms with Crippen LogP contribution in [0.1, 0.15) is 27.3 Å². The van der Waals surface area contributed by atoms with Gasteiger partial charge in [-0.2, -0.15) is 5.26 Å². The summed E-state index contributed by atoms with van der Waals surface area (Å²) in [6, 6.07) is 9.32. The first-order chi connectivity index (χ1) is 11.0. The normalized spacial score (nSPS) is 10.7. The SMILES string of the molecule is COc1cc(C(=O)C=Cc2cc(C#N)n(C)c2C)ccc1SC. The van der Waals surface area contributed by atoms with Crippen molar-refractivity contribution in [1.29, 1.82) is 5.26 Å². The van der Waals surface area contributed by atoms with E-state index >= 15 is 0 Å². The van der Waals surface area contributed by atoms with Gasteiger partial charge in [0.1, 0.15) is 17.5 Å². The van der Waals surface area contributed by atoms with Crippen molar-refractivity contribution in [2.24, 2.45) is 7.05 Å². The zero-order chi connectivity index (χ0) is 17.0. The summed E-state index contributed by atoms with van der Waals surface area (Å²) in [6.07, 6.45) is 5.23. The van der Waals surface area contributed by atoms with E-state index in [9.17, 15) is 4.79 Å². The number of allylic oxidation sites excluding steroid dienone is 1. The fourth-order valence-electron chi connectivity index (χ4n) is 2.25. The van der Waals surface area contributed by atoms with Gasteiger partial charge in [0, 0.05) is 23.2 Å². The molecule has 0 radical (unpaired) electrons. The Balaban J connectivity index is 2.27. The second-order valence-corrected chi connectivity index (χ2v) is 5.86. The maximum atomic E-state index is 12.3. The van der Waals surface area contributed by atoms with E-state index in [0.717, 1.165) is 16.2 Å². The number of hydrogen-bond donors (Lipinski definition) is 0. The predicted octanol–water partition coefficient (Wildman–Crippen LogP) is 3.83. The smallest absolute Gasteiger partial charge is 0.185 e. The number of aromatic nitrogens is 1. The molecule has 0 unspecified atom stereocenters. The van der Waals surface area contributed by atoms with E-state index < -0.39 is 0 Å². The van der Waals surface area contributed by atoms with E-state index in [1.807, 2.05) is 26.3 Å². The molecular weight excluding hydrogens is 308 g/mol. The predicted molar refractivity (Wildman–Crippen MR) is 93.0 cm³/mol. The van der Waals surface area contributed by atoms with Crippen molar-refractivity contribution >= 4 is 23.6 Å². The van der Waals surface area contributed by atoms with Crippen LogP contribution in [-0.2, 0) is 7.05 Å². The number of hydrogen-bond acceptors (Lipinski definition) is 4. The van der Waals surface area contributed by atoms with Crippen molar-refractivity contribution in [2.75, 3.05) is 13.4 Å². The van der Waals surface area contributed by atoms with Crippen molar-refractivity contribution in [3.05, 3.63) is 52.9 Å². The number of nitriles is 1. The highest BCUT2D eigenvalue weighted by atomic mass is 32.2. The third-order valence-corrected chi connectivity index (χ3v) is 4.55. The number of nitrogens with zero attached hydrogens (tertiary/aromatic N) is 2. The van der Waals surface area contributed by atoms with Crippen LogP contribution >= 0.6 is 11.8 Å². The lowest BCUT2D eigenvalue weighted by molar-refractivity contribution is 0.104. The van der Waals surface area contributed by atoms with Crippen molar-refractivity contribution in [3.8, 4) is 11.8 Å². The van der Waals surface area contributed by atoms with Gasteiger partial charge in [0.2, 0.25) is 0 Å². The molecule has 0 spiro atoms. The number of carbonyl (C=O) groups excluding carboxylic acids is 1. The number of ketones is 1. The van der Waals surface area contributed by atoms with Gasteiger partial charge >= 0.3 is 0 Å². The number of thioether (sulfide) groups is 1. The van der Waals surface area contributed by atoms with Crippen LogP contribution < -0.4 is 4.74 Å². The molecule has 0 saturated heterocycles. The van der Waals surface area contributed by atoms with E-state index in [4.69, 9.17) is 10.00 Å². The largest absolute Gasteiger partial charge is 0.496 e. The minimum absolute atomic E-state index is 0.0993. The van der Waals surface area contributed by atoms with Crippen molar-refractivity contribution in [1.82, 2.24) is 4.57 Å². The maximum Gasteiger partial charge on any atom is 0.185 e. The van der Waals surface area contributed by atoms with E-state index in [-0.39, 0.29) is 5.78 Å². The number of carbonyl (C=O) groups is 1. The number of ether oxygens (including phenoxy) is 1. The van der Waals surface area contributed by atoms with Crippen LogP contribution in [0.5, 0.6) is 5.75 Å². The molecule has 0 amide bonds. The molecule has 0 fully saturated rings. The monoisotopic (exact) mass is 326 g/mol. The van der Waals surface area contributed by atoms with Crippen molar-refractivity contribution in [2.45, 2.75) is 11.8 Å². The van der Waals surface area contributed by atoms with Crippen LogP contribution in [0.15, 0.2) is 35.2 Å². The molecule has 118 valence electrons. The quantitative estimate of drug-likeness (QED) is 0.476. The second kappa shape index (κ2) is 7.21. The lowest BCUT2D eigenvalue weighted by Gasteiger charge is -2.07. The highest BCUT2D eigenvalue weighted by Gasteiger charge is 2.09. The van der Waals surface area contributed by atoms with Gasteiger partial charge in [-0.05, 0) is 55.2 Å². The summed E-state index contributed by atoms with van der Waals surface area (Å²) in [4.78, 5) is 13.3. The molecule has 23 heavy (non-hydrogen) atoms. The third-order valence-electron chi connectivity index (χ3n) is 3.77. The first-order valence-electron chi connectivity index (χ1n) is 7.02. The standard InChI is InChI=1S/C18H18N2O2S/c1-12-13(9-15(11-19)20(12)2)5-7-16(21)14-6-8-18(23-4)17(10-14)22-3/h5-10H,1-4H3. The average molecular weight is 326 g/mol. The van der Waals surface area contributed by atoms with E-state index in [1.54, 1.807) is 47.7 Å². The lowest BCUT2D eigenvalue weighted by atomic mass is 10.1. The van der Waals surface area contributed by atoms with Gasteiger partial charge in [0.15, 0.2) is 5.78 Å². The zero-order valence-electron chi connectivity index (χ0n) is 13.6. The Morgan fingerprint density at radius 1 is 1.39 bits per heavy atom. The topological polar surface area (TPSA) is 55.0 Å². The average Bonchev–Trinajstić information content (AvgIpc) is 2.86. The zero-order valence-corrected chi connectivity index (χ0v) is 14.4. The summed E-state index contributed by atoms with van der Waals surface area (Å²) in [5.74, 6) is 0.595. The van der Waals surface area contributed by atoms with Crippen LogP contribution in [0, 0.1) is 18.3 Å². The van der Waals surface area contributed by atoms with Gasteiger partial charge in [-0.3, -0.25) is 4.79 Å². The summed E-state index contributed by atoms with van der Waals surface area (Å²) >= 11 is 1.57. The second-order valence-electron chi connectivity index (χ2n) is 5.01. The van der Waals surface area contributed by atoms with Crippen LogP contribution in [-0.4, -0.2) is 23.7 Å². The Morgan fingerprint density at radius 3 is 2.70 bits per heavy atom. The molecule has 2 aromatic rings. The summed E-state index contributed by atoms with van der Waals surface area (Å²) in [5.41, 5.74) is 2.96. The van der Waals surface area contributed by atoms with Crippen molar-refractivity contribution in [3.63, 3.8) is 0 Å². The molecule has 2 rings (SSSR count). The molecule has 0 aliphatic rings. The minimum atomic E-state index is -0.0993. The van der Waals surface area contributed by atoms with E-state index in [0.29, 0.717) is 17.0 Å². The Labute approximate surface area is 140 Å². The minimum Gasteiger partial charge on any atom is -0.496 e. The van der Waals surface area contributed by atoms with Crippen LogP contribution in [0.2, 0.25) is 0 Å². The lowest BCUT2D eigenvalue weighted by Crippen LogP contribution is -1.96. The van der Waals surface area contributed by atoms with Gasteiger partial charge in [-0.1, -0.05) is 0 Å². The number of benzene rings is 1. The first kappa shape index (κ1) is 16.9. The Morgan fingerprint density at radius 2 is 2.13 bits per heavy atom. The van der Waals surface area contributed by atoms with Crippen LogP contribution in [0.3, 0.4) is 0 Å². The molecule has 5 heteroatoms. The molecule has 0 N–H and O–H groups in total. The molecule has 0 bridgehead atoms. The Hall–Kier alpha value is -2.45. The van der Waals surface area contributed by atoms with Gasteiger partial charge < -0.3 is 9.30 Å². The number of methoxy groups -OCH3 is 1. The molecule has 4 nitrogen and oxygen atoms in total. The molecular formula is C18H18N2O2S. The van der Waals surface area contributed by atoms with Gasteiger partial charge in [0.25, 0.3) is 0 Å².